The minimum absolute atomic E-state index is 0.0170. The molecule has 0 bridgehead atoms. The molecule has 1 aliphatic heterocycles. The van der Waals surface area contributed by atoms with Crippen molar-refractivity contribution in [2.45, 2.75) is 33.2 Å². The molecule has 3 aromatic carbocycles. The molecule has 33 heavy (non-hydrogen) atoms. The molecule has 1 fully saturated rings. The van der Waals surface area contributed by atoms with Crippen molar-refractivity contribution in [2.75, 3.05) is 27.2 Å². The van der Waals surface area contributed by atoms with E-state index in [1.165, 1.54) is 16.7 Å². The smallest absolute Gasteiger partial charge is 0.254 e. The lowest BCUT2D eigenvalue weighted by molar-refractivity contribution is -0.136. The zero-order valence-corrected chi connectivity index (χ0v) is 19.9. The first-order valence-electron chi connectivity index (χ1n) is 11.5. The van der Waals surface area contributed by atoms with E-state index in [1.807, 2.05) is 53.2 Å². The topological polar surface area (TPSA) is 49.9 Å². The van der Waals surface area contributed by atoms with Gasteiger partial charge in [-0.1, -0.05) is 48.0 Å². The van der Waals surface area contributed by atoms with Crippen molar-refractivity contribution in [3.8, 4) is 5.75 Å². The summed E-state index contributed by atoms with van der Waals surface area (Å²) < 4.78 is 5.46. The van der Waals surface area contributed by atoms with E-state index in [9.17, 15) is 9.59 Å². The Morgan fingerprint density at radius 2 is 1.70 bits per heavy atom. The zero-order valence-electron chi connectivity index (χ0n) is 19.9. The van der Waals surface area contributed by atoms with Gasteiger partial charge in [-0.05, 0) is 55.3 Å². The molecule has 4 rings (SSSR count). The Labute approximate surface area is 195 Å². The quantitative estimate of drug-likeness (QED) is 0.558. The molecule has 1 saturated heterocycles. The van der Waals surface area contributed by atoms with Crippen molar-refractivity contribution in [1.82, 2.24) is 9.80 Å². The largest absolute Gasteiger partial charge is 0.496 e. The minimum Gasteiger partial charge on any atom is -0.496 e. The van der Waals surface area contributed by atoms with Gasteiger partial charge in [0.2, 0.25) is 5.91 Å². The fourth-order valence-electron chi connectivity index (χ4n) is 4.80. The van der Waals surface area contributed by atoms with E-state index >= 15 is 0 Å². The van der Waals surface area contributed by atoms with Crippen LogP contribution in [0.25, 0.3) is 10.8 Å². The lowest BCUT2D eigenvalue weighted by Gasteiger charge is -2.33. The third-order valence-electron chi connectivity index (χ3n) is 6.75. The number of likely N-dealkylation sites (tertiary alicyclic amines) is 1. The summed E-state index contributed by atoms with van der Waals surface area (Å²) in [6.07, 6.45) is 1.38. The van der Waals surface area contributed by atoms with Crippen LogP contribution in [0.5, 0.6) is 5.75 Å². The van der Waals surface area contributed by atoms with Crippen molar-refractivity contribution < 1.29 is 14.3 Å². The Morgan fingerprint density at radius 1 is 1.00 bits per heavy atom. The second kappa shape index (κ2) is 9.65. The normalized spacial score (nSPS) is 14.4. The van der Waals surface area contributed by atoms with E-state index in [0.29, 0.717) is 38.0 Å². The Morgan fingerprint density at radius 3 is 2.36 bits per heavy atom. The molecule has 5 nitrogen and oxygen atoms in total. The lowest BCUT2D eigenvalue weighted by Crippen LogP contribution is -2.43. The summed E-state index contributed by atoms with van der Waals surface area (Å²) in [6.45, 7) is 5.96. The van der Waals surface area contributed by atoms with Crippen LogP contribution in [0.15, 0.2) is 54.6 Å². The van der Waals surface area contributed by atoms with Crippen molar-refractivity contribution in [3.05, 3.63) is 76.9 Å². The van der Waals surface area contributed by atoms with Crippen LogP contribution in [0.3, 0.4) is 0 Å². The Kier molecular flexibility index (Phi) is 6.68. The number of hydrogen-bond donors (Lipinski definition) is 0. The summed E-state index contributed by atoms with van der Waals surface area (Å²) in [5.41, 5.74) is 4.30. The van der Waals surface area contributed by atoms with Crippen molar-refractivity contribution >= 4 is 22.6 Å². The molecule has 3 aromatic rings. The minimum atomic E-state index is -0.0441. The molecule has 0 aliphatic carbocycles. The van der Waals surface area contributed by atoms with Crippen LogP contribution in [-0.2, 0) is 11.3 Å². The highest BCUT2D eigenvalue weighted by Gasteiger charge is 2.30. The van der Waals surface area contributed by atoms with Gasteiger partial charge in [0.05, 0.1) is 7.11 Å². The van der Waals surface area contributed by atoms with Crippen LogP contribution in [0, 0.1) is 19.8 Å². The predicted molar refractivity (Wildman–Crippen MR) is 132 cm³/mol. The molecule has 1 aliphatic rings. The third kappa shape index (κ3) is 4.72. The second-order valence-corrected chi connectivity index (χ2v) is 9.05. The molecule has 172 valence electrons. The van der Waals surface area contributed by atoms with Crippen LogP contribution in [0.4, 0.5) is 0 Å². The molecule has 2 amide bonds. The number of rotatable bonds is 5. The van der Waals surface area contributed by atoms with E-state index < -0.39 is 0 Å². The van der Waals surface area contributed by atoms with Gasteiger partial charge in [0.15, 0.2) is 0 Å². The number of nitrogens with zero attached hydrogens (tertiary/aromatic N) is 2. The summed E-state index contributed by atoms with van der Waals surface area (Å²) in [5, 5.41) is 1.83. The van der Waals surface area contributed by atoms with Crippen LogP contribution in [0.2, 0.25) is 0 Å². The summed E-state index contributed by atoms with van der Waals surface area (Å²) in [7, 11) is 3.52. The molecular formula is C28H32N2O3. The molecule has 0 unspecified atom stereocenters. The third-order valence-corrected chi connectivity index (χ3v) is 6.75. The fraction of sp³-hybridized carbons (Fsp3) is 0.357. The Hall–Kier alpha value is -3.34. The first-order chi connectivity index (χ1) is 15.9. The van der Waals surface area contributed by atoms with Gasteiger partial charge in [-0.25, -0.2) is 0 Å². The van der Waals surface area contributed by atoms with Gasteiger partial charge in [-0.2, -0.15) is 0 Å². The maximum Gasteiger partial charge on any atom is 0.254 e. The highest BCUT2D eigenvalue weighted by molar-refractivity contribution is 6.08. The van der Waals surface area contributed by atoms with Gasteiger partial charge in [0.25, 0.3) is 5.91 Å². The monoisotopic (exact) mass is 444 g/mol. The van der Waals surface area contributed by atoms with Crippen LogP contribution < -0.4 is 4.74 Å². The number of aryl methyl sites for hydroxylation is 2. The first kappa shape index (κ1) is 22.8. The van der Waals surface area contributed by atoms with Crippen LogP contribution >= 0.6 is 0 Å². The van der Waals surface area contributed by atoms with Gasteiger partial charge in [0.1, 0.15) is 5.75 Å². The maximum atomic E-state index is 13.3. The van der Waals surface area contributed by atoms with E-state index in [0.717, 1.165) is 16.5 Å². The molecule has 0 spiro atoms. The molecule has 0 saturated carbocycles. The highest BCUT2D eigenvalue weighted by atomic mass is 16.5. The van der Waals surface area contributed by atoms with Gasteiger partial charge in [-0.15, -0.1) is 0 Å². The fourth-order valence-corrected chi connectivity index (χ4v) is 4.80. The van der Waals surface area contributed by atoms with Crippen LogP contribution in [0.1, 0.15) is 39.9 Å². The highest BCUT2D eigenvalue weighted by Crippen LogP contribution is 2.30. The molecular weight excluding hydrogens is 412 g/mol. The standard InChI is InChI=1S/C28H32N2O3/c1-19-9-10-22(20(2)17-19)18-29(3)27(31)21-13-15-30(16-14-21)28(32)25-11-12-26(33-4)24-8-6-5-7-23(24)25/h5-12,17,21H,13-16,18H2,1-4H3. The van der Waals surface area contributed by atoms with E-state index in [4.69, 9.17) is 4.74 Å². The predicted octanol–water partition coefficient (Wildman–Crippen LogP) is 4.98. The molecule has 0 radical (unpaired) electrons. The average molecular weight is 445 g/mol. The summed E-state index contributed by atoms with van der Waals surface area (Å²) in [6, 6.07) is 17.9. The molecule has 0 N–H and O–H groups in total. The molecule has 5 heteroatoms. The zero-order chi connectivity index (χ0) is 23.5. The van der Waals surface area contributed by atoms with E-state index in [-0.39, 0.29) is 17.7 Å². The number of benzene rings is 3. The van der Waals surface area contributed by atoms with Gasteiger partial charge in [0, 0.05) is 43.5 Å². The maximum absolute atomic E-state index is 13.3. The number of piperidine rings is 1. The number of ether oxygens (including phenoxy) is 1. The number of methoxy groups -OCH3 is 1. The number of carbonyl (C=O) groups is 2. The van der Waals surface area contributed by atoms with Crippen LogP contribution in [-0.4, -0.2) is 48.9 Å². The Balaban J connectivity index is 1.41. The van der Waals surface area contributed by atoms with Crippen molar-refractivity contribution in [2.24, 2.45) is 5.92 Å². The van der Waals surface area contributed by atoms with E-state index in [2.05, 4.69) is 32.0 Å². The Bertz CT molecular complexity index is 1180. The number of fused-ring (bicyclic) bond motifs is 1. The number of amides is 2. The summed E-state index contributed by atoms with van der Waals surface area (Å²) in [4.78, 5) is 30.1. The van der Waals surface area contributed by atoms with Gasteiger partial charge in [-0.3, -0.25) is 9.59 Å². The molecule has 1 heterocycles. The number of hydrogen-bond acceptors (Lipinski definition) is 3. The van der Waals surface area contributed by atoms with Crippen molar-refractivity contribution in [1.29, 1.82) is 0 Å². The molecule has 0 atom stereocenters. The SMILES string of the molecule is COc1ccc(C(=O)N2CCC(C(=O)N(C)Cc3ccc(C)cc3C)CC2)c2ccccc12. The van der Waals surface area contributed by atoms with Gasteiger partial charge < -0.3 is 14.5 Å². The average Bonchev–Trinajstić information content (AvgIpc) is 2.84. The lowest BCUT2D eigenvalue weighted by atomic mass is 9.94. The first-order valence-corrected chi connectivity index (χ1v) is 11.5. The summed E-state index contributed by atoms with van der Waals surface area (Å²) >= 11 is 0. The van der Waals surface area contributed by atoms with E-state index in [1.54, 1.807) is 7.11 Å². The molecule has 0 aromatic heterocycles. The summed E-state index contributed by atoms with van der Waals surface area (Å²) in [5.74, 6) is 0.899. The van der Waals surface area contributed by atoms with Crippen molar-refractivity contribution in [3.63, 3.8) is 0 Å². The van der Waals surface area contributed by atoms with Gasteiger partial charge >= 0.3 is 0 Å². The number of carbonyl (C=O) groups excluding carboxylic acids is 2. The second-order valence-electron chi connectivity index (χ2n) is 9.05.